The van der Waals surface area contributed by atoms with Gasteiger partial charge in [0.05, 0.1) is 17.1 Å². The molecule has 0 radical (unpaired) electrons. The number of dihydropyridines is 1. The van der Waals surface area contributed by atoms with Crippen molar-refractivity contribution in [1.29, 1.82) is 0 Å². The van der Waals surface area contributed by atoms with Crippen LogP contribution in [-0.2, 0) is 0 Å². The molecule has 4 heteroatoms. The third-order valence-corrected chi connectivity index (χ3v) is 8.60. The van der Waals surface area contributed by atoms with E-state index >= 15 is 0 Å². The summed E-state index contributed by atoms with van der Waals surface area (Å²) in [5.74, 6) is 0.734. The zero-order valence-corrected chi connectivity index (χ0v) is 24.0. The van der Waals surface area contributed by atoms with Gasteiger partial charge in [-0.1, -0.05) is 109 Å². The van der Waals surface area contributed by atoms with Crippen LogP contribution in [0, 0.1) is 5.92 Å². The molecule has 4 nitrogen and oxygen atoms in total. The first-order valence-electron chi connectivity index (χ1n) is 15.0. The Labute approximate surface area is 251 Å². The minimum absolute atomic E-state index is 0.0936. The van der Waals surface area contributed by atoms with E-state index in [1.165, 1.54) is 27.5 Å². The molecule has 0 fully saturated rings. The van der Waals surface area contributed by atoms with Crippen molar-refractivity contribution in [3.63, 3.8) is 0 Å². The van der Waals surface area contributed by atoms with E-state index in [9.17, 15) is 0 Å². The van der Waals surface area contributed by atoms with E-state index in [1.807, 2.05) is 24.3 Å². The molecule has 0 saturated carbocycles. The van der Waals surface area contributed by atoms with Crippen LogP contribution in [0.1, 0.15) is 48.3 Å². The monoisotopic (exact) mass is 554 g/mol. The summed E-state index contributed by atoms with van der Waals surface area (Å²) >= 11 is 0. The van der Waals surface area contributed by atoms with Crippen LogP contribution in [-0.4, -0.2) is 20.7 Å². The molecule has 2 atom stereocenters. The van der Waals surface area contributed by atoms with Gasteiger partial charge in [-0.2, -0.15) is 0 Å². The molecule has 5 aromatic rings. The molecule has 3 aromatic carbocycles. The number of hydrogen-bond acceptors (Lipinski definition) is 4. The predicted molar refractivity (Wildman–Crippen MR) is 177 cm³/mol. The Morgan fingerprint density at radius 2 is 1.60 bits per heavy atom. The van der Waals surface area contributed by atoms with Crippen LogP contribution in [0.5, 0.6) is 0 Å². The maximum absolute atomic E-state index is 5.27. The molecule has 1 aliphatic heterocycles. The third kappa shape index (κ3) is 4.65. The summed E-state index contributed by atoms with van der Waals surface area (Å²) in [4.78, 5) is 20.6. The largest absolute Gasteiger partial charge is 0.279 e. The smallest absolute Gasteiger partial charge is 0.179 e. The van der Waals surface area contributed by atoms with Gasteiger partial charge < -0.3 is 0 Å². The topological polar surface area (TPSA) is 51.0 Å². The molecule has 3 heterocycles. The van der Waals surface area contributed by atoms with Gasteiger partial charge in [0.25, 0.3) is 0 Å². The molecule has 2 unspecified atom stereocenters. The number of rotatable bonds is 4. The summed E-state index contributed by atoms with van der Waals surface area (Å²) in [7, 11) is 0. The zero-order valence-electron chi connectivity index (χ0n) is 24.0. The summed E-state index contributed by atoms with van der Waals surface area (Å²) < 4.78 is 0. The van der Waals surface area contributed by atoms with Crippen molar-refractivity contribution in [1.82, 2.24) is 15.0 Å². The van der Waals surface area contributed by atoms with E-state index in [-0.39, 0.29) is 12.0 Å². The SMILES string of the molecule is CC1=NC2c3nc(-c4nc(C5=CC=CCC5)cc(-c5ccccc5)n4)ccc3C=CC2C(c2cccc3ccccc23)=C1. The Bertz CT molecular complexity index is 2040. The first-order chi connectivity index (χ1) is 21.2. The summed E-state index contributed by atoms with van der Waals surface area (Å²) in [6, 6.07) is 31.7. The second-order valence-electron chi connectivity index (χ2n) is 11.4. The molecule has 2 aliphatic carbocycles. The summed E-state index contributed by atoms with van der Waals surface area (Å²) in [6.45, 7) is 2.09. The highest BCUT2D eigenvalue weighted by Crippen LogP contribution is 2.45. The fourth-order valence-corrected chi connectivity index (χ4v) is 6.50. The van der Waals surface area contributed by atoms with Gasteiger partial charge in [-0.3, -0.25) is 4.99 Å². The van der Waals surface area contributed by atoms with E-state index in [0.717, 1.165) is 52.5 Å². The number of nitrogens with zero attached hydrogens (tertiary/aromatic N) is 4. The van der Waals surface area contributed by atoms with Crippen LogP contribution >= 0.6 is 0 Å². The van der Waals surface area contributed by atoms with Crippen molar-refractivity contribution in [3.05, 3.63) is 144 Å². The van der Waals surface area contributed by atoms with Crippen LogP contribution in [0.15, 0.2) is 126 Å². The van der Waals surface area contributed by atoms with Crippen LogP contribution in [0.4, 0.5) is 0 Å². The molecule has 0 spiro atoms. The maximum Gasteiger partial charge on any atom is 0.179 e. The van der Waals surface area contributed by atoms with Gasteiger partial charge in [0.15, 0.2) is 5.82 Å². The second kappa shape index (κ2) is 10.6. The van der Waals surface area contributed by atoms with E-state index < -0.39 is 0 Å². The fourth-order valence-electron chi connectivity index (χ4n) is 6.50. The maximum atomic E-state index is 5.27. The van der Waals surface area contributed by atoms with Gasteiger partial charge in [0, 0.05) is 17.2 Å². The highest BCUT2D eigenvalue weighted by Gasteiger charge is 2.34. The molecule has 0 N–H and O–H groups in total. The number of allylic oxidation sites excluding steroid dienone is 5. The molecule has 206 valence electrons. The Kier molecular flexibility index (Phi) is 6.26. The average molecular weight is 555 g/mol. The van der Waals surface area contributed by atoms with Crippen molar-refractivity contribution < 1.29 is 0 Å². The minimum atomic E-state index is -0.109. The third-order valence-electron chi connectivity index (χ3n) is 8.60. The Morgan fingerprint density at radius 3 is 2.49 bits per heavy atom. The molecule has 8 rings (SSSR count). The number of pyridine rings is 1. The van der Waals surface area contributed by atoms with Gasteiger partial charge in [0.1, 0.15) is 11.7 Å². The quantitative estimate of drug-likeness (QED) is 0.222. The molecule has 2 aromatic heterocycles. The van der Waals surface area contributed by atoms with Crippen LogP contribution < -0.4 is 0 Å². The Hall–Kier alpha value is -5.22. The number of hydrogen-bond donors (Lipinski definition) is 0. The summed E-state index contributed by atoms with van der Waals surface area (Å²) in [5, 5.41) is 2.50. The zero-order chi connectivity index (χ0) is 28.8. The molecule has 0 bridgehead atoms. The van der Waals surface area contributed by atoms with Gasteiger partial charge >= 0.3 is 0 Å². The van der Waals surface area contributed by atoms with Crippen molar-refractivity contribution in [2.45, 2.75) is 25.8 Å². The lowest BCUT2D eigenvalue weighted by atomic mass is 9.77. The first-order valence-corrected chi connectivity index (χ1v) is 15.0. The first kappa shape index (κ1) is 25.5. The normalized spacial score (nSPS) is 18.9. The van der Waals surface area contributed by atoms with E-state index in [4.69, 9.17) is 19.9 Å². The lowest BCUT2D eigenvalue weighted by Gasteiger charge is -2.32. The van der Waals surface area contributed by atoms with Crippen LogP contribution in [0.3, 0.4) is 0 Å². The standard InChI is InChI=1S/C39H30N4/c1-25-23-33(31-18-10-16-26-11-8-9-17-30(26)31)32-21-19-29-20-22-34(41-37(29)38(32)40-25)39-42-35(27-12-4-2-5-13-27)24-36(43-39)28-14-6-3-7-15-28/h2-6,8-14,16-24,32,38H,7,15H2,1H3. The lowest BCUT2D eigenvalue weighted by Crippen LogP contribution is -2.22. The molecule has 0 saturated heterocycles. The fraction of sp³-hybridized carbons (Fsp3) is 0.128. The number of aliphatic imine (C=N–C) groups is 1. The Morgan fingerprint density at radius 1 is 0.767 bits per heavy atom. The van der Waals surface area contributed by atoms with Gasteiger partial charge in [-0.15, -0.1) is 0 Å². The average Bonchev–Trinajstić information content (AvgIpc) is 3.08. The predicted octanol–water partition coefficient (Wildman–Crippen LogP) is 9.33. The molecule has 43 heavy (non-hydrogen) atoms. The van der Waals surface area contributed by atoms with Crippen molar-refractivity contribution >= 4 is 33.7 Å². The van der Waals surface area contributed by atoms with Crippen molar-refractivity contribution in [3.8, 4) is 22.8 Å². The van der Waals surface area contributed by atoms with Crippen LogP contribution in [0.2, 0.25) is 0 Å². The number of fused-ring (bicyclic) bond motifs is 4. The number of aromatic nitrogens is 3. The van der Waals surface area contributed by atoms with Gasteiger partial charge in [0.2, 0.25) is 0 Å². The highest BCUT2D eigenvalue weighted by molar-refractivity contribution is 6.05. The van der Waals surface area contributed by atoms with E-state index in [1.54, 1.807) is 0 Å². The molecule has 0 amide bonds. The van der Waals surface area contributed by atoms with Gasteiger partial charge in [-0.25, -0.2) is 15.0 Å². The Balaban J connectivity index is 1.24. The lowest BCUT2D eigenvalue weighted by molar-refractivity contribution is 0.605. The second-order valence-corrected chi connectivity index (χ2v) is 11.4. The van der Waals surface area contributed by atoms with E-state index in [2.05, 4.69) is 110 Å². The highest BCUT2D eigenvalue weighted by atomic mass is 15.0. The molecule has 3 aliphatic rings. The minimum Gasteiger partial charge on any atom is -0.279 e. The van der Waals surface area contributed by atoms with Crippen LogP contribution in [0.25, 0.3) is 50.8 Å². The summed E-state index contributed by atoms with van der Waals surface area (Å²) in [5.41, 5.74) is 10.5. The van der Waals surface area contributed by atoms with E-state index in [0.29, 0.717) is 5.82 Å². The molecular weight excluding hydrogens is 524 g/mol. The van der Waals surface area contributed by atoms with Crippen molar-refractivity contribution in [2.75, 3.05) is 0 Å². The summed E-state index contributed by atoms with van der Waals surface area (Å²) in [6.07, 6.45) is 15.2. The van der Waals surface area contributed by atoms with Crippen molar-refractivity contribution in [2.24, 2.45) is 10.9 Å². The molecular formula is C39H30N4. The number of benzene rings is 3. The van der Waals surface area contributed by atoms with Gasteiger partial charge in [-0.05, 0) is 71.0 Å².